The smallest absolute Gasteiger partial charge is 0.328 e. The lowest BCUT2D eigenvalue weighted by atomic mass is 10.1. The van der Waals surface area contributed by atoms with Crippen LogP contribution in [0.15, 0.2) is 60.4 Å². The number of carboxylic acids is 1. The van der Waals surface area contributed by atoms with Crippen molar-refractivity contribution in [2.24, 2.45) is 0 Å². The Morgan fingerprint density at radius 1 is 0.783 bits per heavy atom. The van der Waals surface area contributed by atoms with Gasteiger partial charge in [0.1, 0.15) is 5.76 Å². The molecule has 0 aliphatic carbocycles. The van der Waals surface area contributed by atoms with E-state index in [9.17, 15) is 9.90 Å². The van der Waals surface area contributed by atoms with Crippen LogP contribution in [0.2, 0.25) is 0 Å². The molecule has 0 amide bonds. The van der Waals surface area contributed by atoms with Gasteiger partial charge in [-0.15, -0.1) is 0 Å². The molecular formula is C20H30O3. The number of unbranched alkanes of at least 4 members (excludes halogenated alkanes) is 7. The molecule has 2 N–H and O–H groups in total. The summed E-state index contributed by atoms with van der Waals surface area (Å²) in [4.78, 5) is 10.2. The van der Waals surface area contributed by atoms with Crippen molar-refractivity contribution in [1.82, 2.24) is 0 Å². The summed E-state index contributed by atoms with van der Waals surface area (Å²) in [6.45, 7) is 2.24. The summed E-state index contributed by atoms with van der Waals surface area (Å²) in [5, 5.41) is 17.8. The SMILES string of the molecule is CCCCCCCCC\C=C/C=C\C=C\C(O)=C\C=CC(=O)O. The normalized spacial score (nSPS) is 13.2. The van der Waals surface area contributed by atoms with E-state index in [1.807, 2.05) is 18.2 Å². The average molecular weight is 318 g/mol. The molecule has 0 unspecified atom stereocenters. The Balaban J connectivity index is 3.68. The lowest BCUT2D eigenvalue weighted by Gasteiger charge is -1.98. The maximum atomic E-state index is 10.2. The minimum atomic E-state index is -1.04. The van der Waals surface area contributed by atoms with Crippen molar-refractivity contribution in [3.63, 3.8) is 0 Å². The third kappa shape index (κ3) is 17.9. The van der Waals surface area contributed by atoms with Gasteiger partial charge in [0, 0.05) is 6.08 Å². The molecule has 0 saturated heterocycles. The molecule has 23 heavy (non-hydrogen) atoms. The molecule has 3 heteroatoms. The van der Waals surface area contributed by atoms with Gasteiger partial charge in [-0.25, -0.2) is 4.79 Å². The Labute approximate surface area is 140 Å². The summed E-state index contributed by atoms with van der Waals surface area (Å²) in [7, 11) is 0. The molecule has 0 spiro atoms. The van der Waals surface area contributed by atoms with E-state index in [1.54, 1.807) is 6.08 Å². The summed E-state index contributed by atoms with van der Waals surface area (Å²) in [6, 6.07) is 0. The number of aliphatic hydroxyl groups excluding tert-OH is 1. The van der Waals surface area contributed by atoms with Gasteiger partial charge in [0.25, 0.3) is 0 Å². The van der Waals surface area contributed by atoms with Gasteiger partial charge >= 0.3 is 5.97 Å². The van der Waals surface area contributed by atoms with Crippen molar-refractivity contribution < 1.29 is 15.0 Å². The van der Waals surface area contributed by atoms with Crippen molar-refractivity contribution in [1.29, 1.82) is 0 Å². The highest BCUT2D eigenvalue weighted by molar-refractivity contribution is 5.80. The molecule has 0 bridgehead atoms. The molecule has 0 aromatic rings. The van der Waals surface area contributed by atoms with Crippen molar-refractivity contribution in [2.45, 2.75) is 58.3 Å². The summed E-state index contributed by atoms with van der Waals surface area (Å²) in [5.41, 5.74) is 0. The molecule has 128 valence electrons. The summed E-state index contributed by atoms with van der Waals surface area (Å²) in [6.07, 6.45) is 25.1. The van der Waals surface area contributed by atoms with Crippen LogP contribution in [0.4, 0.5) is 0 Å². The first-order chi connectivity index (χ1) is 11.2. The van der Waals surface area contributed by atoms with Gasteiger partial charge in [0.15, 0.2) is 0 Å². The minimum Gasteiger partial charge on any atom is -0.508 e. The largest absolute Gasteiger partial charge is 0.508 e. The summed E-state index contributed by atoms with van der Waals surface area (Å²) in [5.74, 6) is -1.02. The van der Waals surface area contributed by atoms with E-state index >= 15 is 0 Å². The van der Waals surface area contributed by atoms with Gasteiger partial charge in [0.2, 0.25) is 0 Å². The summed E-state index contributed by atoms with van der Waals surface area (Å²) >= 11 is 0. The second-order valence-corrected chi connectivity index (χ2v) is 5.37. The number of aliphatic carboxylic acids is 1. The second-order valence-electron chi connectivity index (χ2n) is 5.37. The number of rotatable bonds is 13. The van der Waals surface area contributed by atoms with Gasteiger partial charge in [-0.1, -0.05) is 81.9 Å². The Hall–Kier alpha value is -2.03. The zero-order valence-electron chi connectivity index (χ0n) is 14.2. The van der Waals surface area contributed by atoms with E-state index in [0.717, 1.165) is 12.5 Å². The van der Waals surface area contributed by atoms with Crippen molar-refractivity contribution in [3.05, 3.63) is 60.4 Å². The average Bonchev–Trinajstić information content (AvgIpc) is 2.51. The fraction of sp³-hybridized carbons (Fsp3) is 0.450. The molecular weight excluding hydrogens is 288 g/mol. The van der Waals surface area contributed by atoms with Crippen LogP contribution in [0.25, 0.3) is 0 Å². The first-order valence-electron chi connectivity index (χ1n) is 8.47. The van der Waals surface area contributed by atoms with E-state index in [4.69, 9.17) is 5.11 Å². The van der Waals surface area contributed by atoms with Crippen molar-refractivity contribution in [3.8, 4) is 0 Å². The zero-order valence-corrected chi connectivity index (χ0v) is 14.2. The molecule has 0 radical (unpaired) electrons. The molecule has 0 aliphatic heterocycles. The van der Waals surface area contributed by atoms with Gasteiger partial charge in [-0.2, -0.15) is 0 Å². The molecule has 0 fully saturated rings. The molecule has 0 saturated carbocycles. The lowest BCUT2D eigenvalue weighted by molar-refractivity contribution is -0.131. The molecule has 0 aliphatic rings. The third-order valence-corrected chi connectivity index (χ3v) is 3.22. The Morgan fingerprint density at radius 2 is 1.43 bits per heavy atom. The van der Waals surface area contributed by atoms with Crippen LogP contribution in [-0.4, -0.2) is 16.2 Å². The monoisotopic (exact) mass is 318 g/mol. The lowest BCUT2D eigenvalue weighted by Crippen LogP contribution is -1.84. The maximum Gasteiger partial charge on any atom is 0.328 e. The third-order valence-electron chi connectivity index (χ3n) is 3.22. The fourth-order valence-electron chi connectivity index (χ4n) is 1.96. The number of allylic oxidation sites excluding steroid dienone is 8. The number of carbonyl (C=O) groups is 1. The van der Waals surface area contributed by atoms with E-state index in [1.165, 1.54) is 63.2 Å². The van der Waals surface area contributed by atoms with Crippen LogP contribution >= 0.6 is 0 Å². The van der Waals surface area contributed by atoms with Crippen LogP contribution in [-0.2, 0) is 4.79 Å². The number of hydrogen-bond acceptors (Lipinski definition) is 2. The Kier molecular flexibility index (Phi) is 14.9. The molecule has 0 atom stereocenters. The van der Waals surface area contributed by atoms with E-state index < -0.39 is 5.97 Å². The van der Waals surface area contributed by atoms with E-state index in [-0.39, 0.29) is 5.76 Å². The molecule has 0 aromatic carbocycles. The van der Waals surface area contributed by atoms with Crippen LogP contribution < -0.4 is 0 Å². The van der Waals surface area contributed by atoms with Crippen LogP contribution in [0.5, 0.6) is 0 Å². The van der Waals surface area contributed by atoms with Crippen LogP contribution in [0.3, 0.4) is 0 Å². The predicted molar refractivity (Wildman–Crippen MR) is 97.5 cm³/mol. The molecule has 0 heterocycles. The first kappa shape index (κ1) is 21.0. The second kappa shape index (κ2) is 16.3. The minimum absolute atomic E-state index is 0.0132. The highest BCUT2D eigenvalue weighted by Gasteiger charge is 1.88. The van der Waals surface area contributed by atoms with Gasteiger partial charge in [-0.3, -0.25) is 0 Å². The first-order valence-corrected chi connectivity index (χ1v) is 8.47. The maximum absolute atomic E-state index is 10.2. The Bertz CT molecular complexity index is 440. The quantitative estimate of drug-likeness (QED) is 0.193. The van der Waals surface area contributed by atoms with E-state index in [2.05, 4.69) is 13.0 Å². The van der Waals surface area contributed by atoms with Crippen molar-refractivity contribution >= 4 is 5.97 Å². The predicted octanol–water partition coefficient (Wildman–Crippen LogP) is 5.88. The van der Waals surface area contributed by atoms with E-state index in [0.29, 0.717) is 0 Å². The van der Waals surface area contributed by atoms with Gasteiger partial charge in [-0.05, 0) is 25.0 Å². The standard InChI is InChI=1S/C20H30O3/c1-2-3-4-5-6-7-8-9-10-11-12-13-14-16-19(21)17-15-18-20(22)23/h10-18,21H,2-9H2,1H3,(H,22,23)/b11-10-,13-12-,16-14+,18-15?,19-17-. The number of carboxylic acid groups (broad SMARTS) is 1. The Morgan fingerprint density at radius 3 is 2.13 bits per heavy atom. The van der Waals surface area contributed by atoms with Gasteiger partial charge < -0.3 is 10.2 Å². The number of aliphatic hydroxyl groups is 1. The summed E-state index contributed by atoms with van der Waals surface area (Å²) < 4.78 is 0. The molecule has 0 aromatic heterocycles. The molecule has 0 rings (SSSR count). The topological polar surface area (TPSA) is 57.5 Å². The van der Waals surface area contributed by atoms with Crippen molar-refractivity contribution in [2.75, 3.05) is 0 Å². The zero-order chi connectivity index (χ0) is 17.2. The highest BCUT2D eigenvalue weighted by Crippen LogP contribution is 2.08. The van der Waals surface area contributed by atoms with Crippen LogP contribution in [0.1, 0.15) is 58.3 Å². The van der Waals surface area contributed by atoms with Crippen LogP contribution in [0, 0.1) is 0 Å². The fourth-order valence-corrected chi connectivity index (χ4v) is 1.96. The van der Waals surface area contributed by atoms with Gasteiger partial charge in [0.05, 0.1) is 0 Å². The highest BCUT2D eigenvalue weighted by atomic mass is 16.4. The number of hydrogen-bond donors (Lipinski definition) is 2. The molecule has 3 nitrogen and oxygen atoms in total.